The fourth-order valence-electron chi connectivity index (χ4n) is 2.17. The molecule has 1 amide bonds. The van der Waals surface area contributed by atoms with Crippen LogP contribution in [0, 0.1) is 0 Å². The average Bonchev–Trinajstić information content (AvgIpc) is 2.27. The molecule has 1 heterocycles. The van der Waals surface area contributed by atoms with Gasteiger partial charge < -0.3 is 4.48 Å². The van der Waals surface area contributed by atoms with Gasteiger partial charge in [-0.1, -0.05) is 0 Å². The first kappa shape index (κ1) is 14.4. The first-order valence-electron chi connectivity index (χ1n) is 6.26. The van der Waals surface area contributed by atoms with E-state index in [1.54, 1.807) is 7.05 Å². The van der Waals surface area contributed by atoms with Crippen molar-refractivity contribution in [2.24, 2.45) is 0 Å². The molecule has 0 spiro atoms. The molecule has 1 rings (SSSR count). The SMILES string of the molecule is CON(C)C(=O)C[N+]1(C)CCN(C(C)C)CC1. The van der Waals surface area contributed by atoms with Gasteiger partial charge in [-0.3, -0.25) is 14.5 Å². The lowest BCUT2D eigenvalue weighted by Crippen LogP contribution is -2.61. The topological polar surface area (TPSA) is 32.8 Å². The molecular weight excluding hydrogens is 218 g/mol. The van der Waals surface area contributed by atoms with Crippen molar-refractivity contribution in [1.82, 2.24) is 9.96 Å². The number of amides is 1. The number of hydrogen-bond acceptors (Lipinski definition) is 3. The van der Waals surface area contributed by atoms with Gasteiger partial charge in [0.2, 0.25) is 0 Å². The van der Waals surface area contributed by atoms with E-state index in [4.69, 9.17) is 4.84 Å². The molecule has 0 atom stereocenters. The third-order valence-corrected chi connectivity index (χ3v) is 3.73. The van der Waals surface area contributed by atoms with Crippen LogP contribution in [0.2, 0.25) is 0 Å². The lowest BCUT2D eigenvalue weighted by atomic mass is 10.2. The highest BCUT2D eigenvalue weighted by atomic mass is 16.7. The predicted octanol–water partition coefficient (Wildman–Crippen LogP) is 0.177. The van der Waals surface area contributed by atoms with Crippen molar-refractivity contribution in [2.45, 2.75) is 19.9 Å². The highest BCUT2D eigenvalue weighted by Gasteiger charge is 2.32. The summed E-state index contributed by atoms with van der Waals surface area (Å²) in [6.07, 6.45) is 0. The molecule has 0 aliphatic carbocycles. The van der Waals surface area contributed by atoms with Crippen LogP contribution >= 0.6 is 0 Å². The Balaban J connectivity index is 2.47. The second-order valence-corrected chi connectivity index (χ2v) is 5.43. The Labute approximate surface area is 104 Å². The van der Waals surface area contributed by atoms with Crippen LogP contribution in [0.1, 0.15) is 13.8 Å². The van der Waals surface area contributed by atoms with E-state index in [9.17, 15) is 4.79 Å². The summed E-state index contributed by atoms with van der Waals surface area (Å²) in [4.78, 5) is 19.2. The van der Waals surface area contributed by atoms with Crippen molar-refractivity contribution in [3.05, 3.63) is 0 Å². The molecule has 0 radical (unpaired) electrons. The summed E-state index contributed by atoms with van der Waals surface area (Å²) in [5, 5.41) is 1.32. The van der Waals surface area contributed by atoms with Crippen LogP contribution < -0.4 is 0 Å². The maximum Gasteiger partial charge on any atom is 0.301 e. The quantitative estimate of drug-likeness (QED) is 0.522. The molecule has 0 aromatic rings. The Morgan fingerprint density at radius 1 is 1.41 bits per heavy atom. The van der Waals surface area contributed by atoms with E-state index in [1.165, 1.54) is 12.2 Å². The minimum absolute atomic E-state index is 0.0491. The molecule has 5 nitrogen and oxygen atoms in total. The summed E-state index contributed by atoms with van der Waals surface area (Å²) in [5.41, 5.74) is 0. The smallest absolute Gasteiger partial charge is 0.301 e. The van der Waals surface area contributed by atoms with Gasteiger partial charge in [0.15, 0.2) is 6.54 Å². The van der Waals surface area contributed by atoms with Crippen LogP contribution in [0.25, 0.3) is 0 Å². The molecule has 0 bridgehead atoms. The Bertz CT molecular complexity index is 260. The third kappa shape index (κ3) is 3.94. The van der Waals surface area contributed by atoms with Gasteiger partial charge >= 0.3 is 5.91 Å². The molecule has 0 N–H and O–H groups in total. The maximum atomic E-state index is 11.8. The van der Waals surface area contributed by atoms with Crippen molar-refractivity contribution in [3.63, 3.8) is 0 Å². The number of rotatable bonds is 4. The summed E-state index contributed by atoms with van der Waals surface area (Å²) in [5.74, 6) is 0.0491. The minimum Gasteiger partial charge on any atom is -0.316 e. The van der Waals surface area contributed by atoms with Crippen molar-refractivity contribution in [3.8, 4) is 0 Å². The molecule has 1 saturated heterocycles. The maximum absolute atomic E-state index is 11.8. The lowest BCUT2D eigenvalue weighted by molar-refractivity contribution is -0.906. The van der Waals surface area contributed by atoms with Gasteiger partial charge in [0.05, 0.1) is 27.2 Å². The Kier molecular flexibility index (Phi) is 4.91. The van der Waals surface area contributed by atoms with Crippen LogP contribution in [0.3, 0.4) is 0 Å². The van der Waals surface area contributed by atoms with Crippen molar-refractivity contribution in [2.75, 3.05) is 53.9 Å². The third-order valence-electron chi connectivity index (χ3n) is 3.73. The molecule has 0 aromatic carbocycles. The van der Waals surface area contributed by atoms with E-state index in [1.807, 2.05) is 0 Å². The highest BCUT2D eigenvalue weighted by Crippen LogP contribution is 2.12. The van der Waals surface area contributed by atoms with E-state index >= 15 is 0 Å². The van der Waals surface area contributed by atoms with Crippen LogP contribution in [0.5, 0.6) is 0 Å². The lowest BCUT2D eigenvalue weighted by Gasteiger charge is -2.43. The molecule has 17 heavy (non-hydrogen) atoms. The molecule has 0 unspecified atom stereocenters. The summed E-state index contributed by atoms with van der Waals surface area (Å²) in [6.45, 7) is 9.16. The van der Waals surface area contributed by atoms with Crippen LogP contribution in [0.4, 0.5) is 0 Å². The number of quaternary nitrogens is 1. The van der Waals surface area contributed by atoms with Crippen LogP contribution in [-0.2, 0) is 9.63 Å². The van der Waals surface area contributed by atoms with Gasteiger partial charge in [-0.15, -0.1) is 0 Å². The first-order chi connectivity index (χ1) is 7.88. The van der Waals surface area contributed by atoms with Gasteiger partial charge in [-0.2, -0.15) is 0 Å². The van der Waals surface area contributed by atoms with Crippen molar-refractivity contribution >= 4 is 5.91 Å². The summed E-state index contributed by atoms with van der Waals surface area (Å²) in [7, 11) is 5.34. The zero-order valence-electron chi connectivity index (χ0n) is 11.8. The Hall–Kier alpha value is -0.650. The average molecular weight is 244 g/mol. The molecule has 0 aromatic heterocycles. The fraction of sp³-hybridized carbons (Fsp3) is 0.917. The molecule has 1 aliphatic heterocycles. The highest BCUT2D eigenvalue weighted by molar-refractivity contribution is 5.75. The summed E-state index contributed by atoms with van der Waals surface area (Å²) in [6, 6.07) is 0.598. The number of likely N-dealkylation sites (N-methyl/N-ethyl adjacent to an activating group) is 2. The van der Waals surface area contributed by atoms with Gasteiger partial charge in [-0.05, 0) is 13.8 Å². The number of hydroxylamine groups is 2. The number of hydrogen-bond donors (Lipinski definition) is 0. The van der Waals surface area contributed by atoms with E-state index in [0.29, 0.717) is 12.6 Å². The van der Waals surface area contributed by atoms with Crippen LogP contribution in [0.15, 0.2) is 0 Å². The molecular formula is C12H26N3O2+. The Morgan fingerprint density at radius 3 is 2.35 bits per heavy atom. The van der Waals surface area contributed by atoms with Gasteiger partial charge in [-0.25, -0.2) is 5.06 Å². The van der Waals surface area contributed by atoms with Gasteiger partial charge in [0, 0.05) is 26.2 Å². The summed E-state index contributed by atoms with van der Waals surface area (Å²) >= 11 is 0. The van der Waals surface area contributed by atoms with Crippen molar-refractivity contribution in [1.29, 1.82) is 0 Å². The largest absolute Gasteiger partial charge is 0.316 e. The van der Waals surface area contributed by atoms with Gasteiger partial charge in [0.25, 0.3) is 0 Å². The first-order valence-corrected chi connectivity index (χ1v) is 6.26. The summed E-state index contributed by atoms with van der Waals surface area (Å²) < 4.78 is 0.815. The second kappa shape index (κ2) is 5.80. The Morgan fingerprint density at radius 2 is 1.94 bits per heavy atom. The number of carbonyl (C=O) groups is 1. The van der Waals surface area contributed by atoms with E-state index in [2.05, 4.69) is 25.8 Å². The van der Waals surface area contributed by atoms with E-state index in [0.717, 1.165) is 30.7 Å². The minimum atomic E-state index is 0.0491. The number of piperazine rings is 1. The molecule has 5 heteroatoms. The monoisotopic (exact) mass is 244 g/mol. The second-order valence-electron chi connectivity index (χ2n) is 5.43. The molecule has 0 saturated carbocycles. The fourth-order valence-corrected chi connectivity index (χ4v) is 2.17. The van der Waals surface area contributed by atoms with Crippen LogP contribution in [-0.4, -0.2) is 80.3 Å². The number of nitrogens with zero attached hydrogens (tertiary/aromatic N) is 3. The molecule has 1 fully saturated rings. The van der Waals surface area contributed by atoms with E-state index in [-0.39, 0.29) is 5.91 Å². The standard InChI is InChI=1S/C12H26N3O2/c1-11(2)14-6-8-15(4,9-7-14)10-12(16)13(3)17-5/h11H,6-10H2,1-5H3/q+1. The zero-order chi connectivity index (χ0) is 13.1. The zero-order valence-corrected chi connectivity index (χ0v) is 11.8. The van der Waals surface area contributed by atoms with Gasteiger partial charge in [0.1, 0.15) is 0 Å². The number of carbonyl (C=O) groups excluding carboxylic acids is 1. The normalized spacial score (nSPS) is 20.6. The molecule has 1 aliphatic rings. The van der Waals surface area contributed by atoms with Crippen molar-refractivity contribution < 1.29 is 14.1 Å². The predicted molar refractivity (Wildman–Crippen MR) is 67.3 cm³/mol. The molecule has 100 valence electrons. The van der Waals surface area contributed by atoms with E-state index < -0.39 is 0 Å².